The highest BCUT2D eigenvalue weighted by Gasteiger charge is 2.54. The van der Waals surface area contributed by atoms with Gasteiger partial charge in [-0.25, -0.2) is 13.1 Å². The van der Waals surface area contributed by atoms with Crippen molar-refractivity contribution in [2.45, 2.75) is 30.1 Å². The minimum Gasteiger partial charge on any atom is -0.496 e. The second kappa shape index (κ2) is 6.09. The Morgan fingerprint density at radius 2 is 2.04 bits per heavy atom. The molecule has 4 rings (SSSR count). The molecule has 3 aromatic rings. The van der Waals surface area contributed by atoms with E-state index < -0.39 is 21.3 Å². The van der Waals surface area contributed by atoms with Crippen molar-refractivity contribution >= 4 is 26.8 Å². The molecule has 0 saturated heterocycles. The molecule has 2 aromatic carbocycles. The van der Waals surface area contributed by atoms with Crippen LogP contribution in [0.2, 0.25) is 0 Å². The van der Waals surface area contributed by atoms with Gasteiger partial charge in [0.25, 0.3) is 10.0 Å². The van der Waals surface area contributed by atoms with E-state index >= 15 is 0 Å². The van der Waals surface area contributed by atoms with Gasteiger partial charge in [0.1, 0.15) is 5.75 Å². The number of H-pyrrole nitrogens is 1. The van der Waals surface area contributed by atoms with Gasteiger partial charge in [-0.3, -0.25) is 9.89 Å². The summed E-state index contributed by atoms with van der Waals surface area (Å²) in [6, 6.07) is 10.4. The van der Waals surface area contributed by atoms with E-state index in [1.165, 1.54) is 12.3 Å². The lowest BCUT2D eigenvalue weighted by molar-refractivity contribution is -0.121. The van der Waals surface area contributed by atoms with Gasteiger partial charge >= 0.3 is 0 Å². The van der Waals surface area contributed by atoms with Crippen molar-refractivity contribution in [3.05, 3.63) is 53.7 Å². The fourth-order valence-corrected chi connectivity index (χ4v) is 4.65. The molecular formula is C19H19N3O4S. The molecule has 0 unspecified atom stereocenters. The van der Waals surface area contributed by atoms with Gasteiger partial charge in [0.2, 0.25) is 5.91 Å². The van der Waals surface area contributed by atoms with Crippen LogP contribution >= 0.6 is 0 Å². The molecule has 1 aromatic heterocycles. The largest absolute Gasteiger partial charge is 0.496 e. The molecule has 8 heteroatoms. The third kappa shape index (κ3) is 2.86. The normalized spacial score (nSPS) is 15.5. The lowest BCUT2D eigenvalue weighted by Crippen LogP contribution is -2.39. The van der Waals surface area contributed by atoms with E-state index in [2.05, 4.69) is 14.9 Å². The maximum absolute atomic E-state index is 13.0. The van der Waals surface area contributed by atoms with Crippen molar-refractivity contribution < 1.29 is 17.9 Å². The Morgan fingerprint density at radius 1 is 1.26 bits per heavy atom. The number of hydrogen-bond acceptors (Lipinski definition) is 5. The molecule has 1 aliphatic rings. The number of sulfonamides is 1. The zero-order valence-corrected chi connectivity index (χ0v) is 15.8. The monoisotopic (exact) mass is 385 g/mol. The number of aromatic nitrogens is 2. The van der Waals surface area contributed by atoms with Gasteiger partial charge in [-0.15, -0.1) is 0 Å². The van der Waals surface area contributed by atoms with Crippen molar-refractivity contribution in [1.82, 2.24) is 14.9 Å². The van der Waals surface area contributed by atoms with E-state index in [1.54, 1.807) is 25.3 Å². The molecule has 0 atom stereocenters. The van der Waals surface area contributed by atoms with Crippen LogP contribution in [0, 0.1) is 6.92 Å². The molecule has 0 bridgehead atoms. The topological polar surface area (TPSA) is 101 Å². The van der Waals surface area contributed by atoms with Crippen molar-refractivity contribution in [3.8, 4) is 5.75 Å². The smallest absolute Gasteiger partial charge is 0.264 e. The van der Waals surface area contributed by atoms with Crippen molar-refractivity contribution in [2.24, 2.45) is 0 Å². The molecule has 0 aliphatic heterocycles. The molecule has 7 nitrogen and oxygen atoms in total. The number of nitrogens with zero attached hydrogens (tertiary/aromatic N) is 1. The molecule has 140 valence electrons. The molecular weight excluding hydrogens is 366 g/mol. The number of ether oxygens (including phenoxy) is 1. The standard InChI is InChI=1S/C19H19N3O4S/c1-12-6-7-16(26-2)14(10-12)19(8-9-19)18(23)22-27(24,25)17-5-3-4-15-13(17)11-20-21-15/h3-7,10-11H,8-9H2,1-2H3,(H,20,21)(H,22,23). The summed E-state index contributed by atoms with van der Waals surface area (Å²) in [7, 11) is -2.50. The Hall–Kier alpha value is -2.87. The Kier molecular flexibility index (Phi) is 3.96. The van der Waals surface area contributed by atoms with Crippen LogP contribution in [-0.2, 0) is 20.2 Å². The van der Waals surface area contributed by atoms with Crippen LogP contribution in [0.15, 0.2) is 47.5 Å². The highest BCUT2D eigenvalue weighted by molar-refractivity contribution is 7.90. The van der Waals surface area contributed by atoms with E-state index in [0.717, 1.165) is 11.1 Å². The number of fused-ring (bicyclic) bond motifs is 1. The van der Waals surface area contributed by atoms with E-state index in [9.17, 15) is 13.2 Å². The third-order valence-corrected chi connectivity index (χ3v) is 6.41. The fourth-order valence-electron chi connectivity index (χ4n) is 3.39. The van der Waals surface area contributed by atoms with Crippen molar-refractivity contribution in [1.29, 1.82) is 0 Å². The molecule has 1 saturated carbocycles. The number of nitrogens with one attached hydrogen (secondary N) is 2. The number of methoxy groups -OCH3 is 1. The number of aromatic amines is 1. The van der Waals surface area contributed by atoms with Gasteiger partial charge in [0.05, 0.1) is 29.1 Å². The molecule has 1 heterocycles. The number of carbonyl (C=O) groups is 1. The SMILES string of the molecule is COc1ccc(C)cc1C1(C(=O)NS(=O)(=O)c2cccc3[nH]ncc23)CC1. The molecule has 2 N–H and O–H groups in total. The molecule has 1 fully saturated rings. The summed E-state index contributed by atoms with van der Waals surface area (Å²) in [5, 5.41) is 7.05. The first kappa shape index (κ1) is 17.5. The number of hydrogen-bond donors (Lipinski definition) is 2. The first-order valence-corrected chi connectivity index (χ1v) is 10.0. The van der Waals surface area contributed by atoms with E-state index in [-0.39, 0.29) is 4.90 Å². The second-order valence-electron chi connectivity index (χ2n) is 6.81. The van der Waals surface area contributed by atoms with Gasteiger partial charge in [-0.1, -0.05) is 23.8 Å². The number of amides is 1. The summed E-state index contributed by atoms with van der Waals surface area (Å²) in [6.07, 6.45) is 2.58. The second-order valence-corrected chi connectivity index (χ2v) is 8.46. The first-order valence-electron chi connectivity index (χ1n) is 8.52. The zero-order valence-electron chi connectivity index (χ0n) is 14.9. The quantitative estimate of drug-likeness (QED) is 0.702. The first-order chi connectivity index (χ1) is 12.9. The highest BCUT2D eigenvalue weighted by Crippen LogP contribution is 2.52. The maximum atomic E-state index is 13.0. The predicted molar refractivity (Wildman–Crippen MR) is 100 cm³/mol. The number of rotatable bonds is 5. The Balaban J connectivity index is 1.70. The van der Waals surface area contributed by atoms with Crippen LogP contribution in [0.4, 0.5) is 0 Å². The van der Waals surface area contributed by atoms with Gasteiger partial charge < -0.3 is 4.74 Å². The van der Waals surface area contributed by atoms with E-state index in [0.29, 0.717) is 29.5 Å². The van der Waals surface area contributed by atoms with Crippen LogP contribution in [0.3, 0.4) is 0 Å². The number of carbonyl (C=O) groups excluding carboxylic acids is 1. The summed E-state index contributed by atoms with van der Waals surface area (Å²) in [5.74, 6) is 0.0504. The van der Waals surface area contributed by atoms with Crippen LogP contribution in [0.1, 0.15) is 24.0 Å². The summed E-state index contributed by atoms with van der Waals surface area (Å²) in [6.45, 7) is 1.92. The Bertz CT molecular complexity index is 1150. The summed E-state index contributed by atoms with van der Waals surface area (Å²) in [4.78, 5) is 13.0. The van der Waals surface area contributed by atoms with E-state index in [4.69, 9.17) is 4.74 Å². The average Bonchev–Trinajstić information content (AvgIpc) is 3.31. The van der Waals surface area contributed by atoms with Crippen LogP contribution in [-0.4, -0.2) is 31.6 Å². The number of aryl methyl sites for hydroxylation is 1. The Labute approximate surface area is 156 Å². The van der Waals surface area contributed by atoms with Crippen LogP contribution in [0.5, 0.6) is 5.75 Å². The third-order valence-electron chi connectivity index (χ3n) is 5.02. The van der Waals surface area contributed by atoms with Gasteiger partial charge in [-0.05, 0) is 38.0 Å². The highest BCUT2D eigenvalue weighted by atomic mass is 32.2. The summed E-state index contributed by atoms with van der Waals surface area (Å²) in [5.41, 5.74) is 1.41. The summed E-state index contributed by atoms with van der Waals surface area (Å²) < 4.78 is 33.4. The maximum Gasteiger partial charge on any atom is 0.264 e. The molecule has 1 amide bonds. The molecule has 0 spiro atoms. The Morgan fingerprint density at radius 3 is 2.74 bits per heavy atom. The van der Waals surface area contributed by atoms with Crippen molar-refractivity contribution in [3.63, 3.8) is 0 Å². The van der Waals surface area contributed by atoms with Gasteiger partial charge in [-0.2, -0.15) is 5.10 Å². The number of benzene rings is 2. The van der Waals surface area contributed by atoms with Gasteiger partial charge in [0, 0.05) is 10.9 Å². The van der Waals surface area contributed by atoms with Gasteiger partial charge in [0.15, 0.2) is 0 Å². The lowest BCUT2D eigenvalue weighted by atomic mass is 9.93. The molecule has 1 aliphatic carbocycles. The molecule has 0 radical (unpaired) electrons. The molecule has 27 heavy (non-hydrogen) atoms. The van der Waals surface area contributed by atoms with Crippen molar-refractivity contribution in [2.75, 3.05) is 7.11 Å². The lowest BCUT2D eigenvalue weighted by Gasteiger charge is -2.19. The summed E-state index contributed by atoms with van der Waals surface area (Å²) >= 11 is 0. The minimum atomic E-state index is -4.04. The van der Waals surface area contributed by atoms with E-state index in [1.807, 2.05) is 19.1 Å². The zero-order chi connectivity index (χ0) is 19.2. The predicted octanol–water partition coefficient (Wildman–Crippen LogP) is 2.42. The average molecular weight is 385 g/mol. The minimum absolute atomic E-state index is 0.0223. The van der Waals surface area contributed by atoms with Crippen LogP contribution < -0.4 is 9.46 Å². The van der Waals surface area contributed by atoms with Crippen LogP contribution in [0.25, 0.3) is 10.9 Å². The fraction of sp³-hybridized carbons (Fsp3) is 0.263.